The van der Waals surface area contributed by atoms with Gasteiger partial charge in [0.15, 0.2) is 5.16 Å². The average Bonchev–Trinajstić information content (AvgIpc) is 2.74. The molecule has 3 N–H and O–H groups in total. The van der Waals surface area contributed by atoms with Gasteiger partial charge in [0.1, 0.15) is 5.82 Å². The Morgan fingerprint density at radius 1 is 1.07 bits per heavy atom. The van der Waals surface area contributed by atoms with Crippen LogP contribution in [0.5, 0.6) is 0 Å². The molecule has 4 rings (SSSR count). The summed E-state index contributed by atoms with van der Waals surface area (Å²) in [5.41, 5.74) is 1.58. The van der Waals surface area contributed by atoms with Crippen molar-refractivity contribution in [3.63, 3.8) is 0 Å². The number of aromatic nitrogens is 2. The minimum Gasteiger partial charge on any atom is -0.326 e. The second kappa shape index (κ2) is 8.96. The van der Waals surface area contributed by atoms with Crippen LogP contribution in [0.3, 0.4) is 0 Å². The molecule has 1 aliphatic heterocycles. The van der Waals surface area contributed by atoms with Gasteiger partial charge in [-0.15, -0.1) is 0 Å². The molecule has 1 atom stereocenters. The SMILES string of the molecule is O=C1CC(C(=O)Nc2ccccc2)c2c(nc(SCCc3ccccc3)[nH]c2=O)N1. The second-order valence-electron chi connectivity index (χ2n) is 6.88. The van der Waals surface area contributed by atoms with Crippen LogP contribution in [0.25, 0.3) is 0 Å². The number of nitrogens with zero attached hydrogens (tertiary/aromatic N) is 1. The molecule has 0 bridgehead atoms. The highest BCUT2D eigenvalue weighted by molar-refractivity contribution is 7.99. The summed E-state index contributed by atoms with van der Waals surface area (Å²) in [5, 5.41) is 5.81. The first-order valence-corrected chi connectivity index (χ1v) is 10.6. The molecule has 0 saturated carbocycles. The molecular formula is C22H20N4O3S. The first-order chi connectivity index (χ1) is 14.6. The molecular weight excluding hydrogens is 400 g/mol. The third kappa shape index (κ3) is 4.60. The van der Waals surface area contributed by atoms with Crippen molar-refractivity contribution < 1.29 is 9.59 Å². The summed E-state index contributed by atoms with van der Waals surface area (Å²) in [6, 6.07) is 18.9. The van der Waals surface area contributed by atoms with E-state index in [4.69, 9.17) is 0 Å². The van der Waals surface area contributed by atoms with Gasteiger partial charge in [-0.05, 0) is 24.1 Å². The quantitative estimate of drug-likeness (QED) is 0.420. The van der Waals surface area contributed by atoms with Crippen molar-refractivity contribution in [2.45, 2.75) is 23.9 Å². The summed E-state index contributed by atoms with van der Waals surface area (Å²) >= 11 is 1.40. The van der Waals surface area contributed by atoms with Crippen LogP contribution in [-0.4, -0.2) is 27.5 Å². The van der Waals surface area contributed by atoms with E-state index in [-0.39, 0.29) is 23.7 Å². The van der Waals surface area contributed by atoms with Crippen molar-refractivity contribution in [3.8, 4) is 0 Å². The van der Waals surface area contributed by atoms with E-state index in [0.717, 1.165) is 12.2 Å². The maximum Gasteiger partial charge on any atom is 0.257 e. The first kappa shape index (κ1) is 19.9. The molecule has 0 saturated heterocycles. The summed E-state index contributed by atoms with van der Waals surface area (Å²) in [6.45, 7) is 0. The Kier molecular flexibility index (Phi) is 5.94. The van der Waals surface area contributed by atoms with Gasteiger partial charge in [0, 0.05) is 17.9 Å². The topological polar surface area (TPSA) is 104 Å². The van der Waals surface area contributed by atoms with E-state index in [1.54, 1.807) is 24.3 Å². The van der Waals surface area contributed by atoms with E-state index >= 15 is 0 Å². The van der Waals surface area contributed by atoms with Crippen LogP contribution in [0.2, 0.25) is 0 Å². The Morgan fingerprint density at radius 2 is 1.77 bits per heavy atom. The van der Waals surface area contributed by atoms with Crippen molar-refractivity contribution in [1.82, 2.24) is 9.97 Å². The number of thioether (sulfide) groups is 1. The van der Waals surface area contributed by atoms with Gasteiger partial charge in [-0.2, -0.15) is 0 Å². The molecule has 152 valence electrons. The van der Waals surface area contributed by atoms with Gasteiger partial charge in [-0.25, -0.2) is 4.98 Å². The van der Waals surface area contributed by atoms with E-state index in [9.17, 15) is 14.4 Å². The number of amides is 2. The molecule has 1 unspecified atom stereocenters. The highest BCUT2D eigenvalue weighted by Crippen LogP contribution is 2.30. The molecule has 7 nitrogen and oxygen atoms in total. The van der Waals surface area contributed by atoms with E-state index in [1.807, 2.05) is 36.4 Å². The van der Waals surface area contributed by atoms with Gasteiger partial charge in [-0.3, -0.25) is 14.4 Å². The number of carbonyl (C=O) groups excluding carboxylic acids is 2. The summed E-state index contributed by atoms with van der Waals surface area (Å²) in [7, 11) is 0. The number of aromatic amines is 1. The zero-order valence-corrected chi connectivity index (χ0v) is 16.9. The molecule has 0 aliphatic carbocycles. The number of hydrogen-bond donors (Lipinski definition) is 3. The molecule has 2 amide bonds. The third-order valence-electron chi connectivity index (χ3n) is 4.76. The summed E-state index contributed by atoms with van der Waals surface area (Å²) < 4.78 is 0. The fourth-order valence-electron chi connectivity index (χ4n) is 3.30. The number of benzene rings is 2. The molecule has 30 heavy (non-hydrogen) atoms. The maximum atomic E-state index is 12.8. The number of para-hydroxylation sites is 1. The number of H-pyrrole nitrogens is 1. The predicted octanol–water partition coefficient (Wildman–Crippen LogP) is 3.17. The van der Waals surface area contributed by atoms with E-state index in [2.05, 4.69) is 20.6 Å². The number of fused-ring (bicyclic) bond motifs is 1. The zero-order valence-electron chi connectivity index (χ0n) is 16.1. The zero-order chi connectivity index (χ0) is 20.9. The van der Waals surface area contributed by atoms with Gasteiger partial charge in [0.05, 0.1) is 11.5 Å². The van der Waals surface area contributed by atoms with E-state index < -0.39 is 17.4 Å². The van der Waals surface area contributed by atoms with Crippen LogP contribution in [0.4, 0.5) is 11.5 Å². The second-order valence-corrected chi connectivity index (χ2v) is 7.96. The van der Waals surface area contributed by atoms with Crippen LogP contribution >= 0.6 is 11.8 Å². The molecule has 1 aromatic heterocycles. The Morgan fingerprint density at radius 3 is 2.50 bits per heavy atom. The lowest BCUT2D eigenvalue weighted by molar-refractivity contribution is -0.123. The standard InChI is InChI=1S/C22H20N4O3S/c27-17-13-16(20(28)23-15-9-5-2-6-10-15)18-19(24-17)25-22(26-21(18)29)30-12-11-14-7-3-1-4-8-14/h1-10,16H,11-13H2,(H,23,28)(H2,24,25,26,27,29). The van der Waals surface area contributed by atoms with Crippen LogP contribution < -0.4 is 16.2 Å². The van der Waals surface area contributed by atoms with Gasteiger partial charge < -0.3 is 15.6 Å². The third-order valence-corrected chi connectivity index (χ3v) is 5.63. The van der Waals surface area contributed by atoms with Crippen LogP contribution in [0.1, 0.15) is 23.5 Å². The van der Waals surface area contributed by atoms with Gasteiger partial charge >= 0.3 is 0 Å². The van der Waals surface area contributed by atoms with Crippen molar-refractivity contribution in [2.24, 2.45) is 0 Å². The van der Waals surface area contributed by atoms with Crippen LogP contribution in [0, 0.1) is 0 Å². The Bertz CT molecular complexity index is 1120. The Hall–Kier alpha value is -3.39. The fraction of sp³-hybridized carbons (Fsp3) is 0.182. The fourth-order valence-corrected chi connectivity index (χ4v) is 4.16. The van der Waals surface area contributed by atoms with Gasteiger partial charge in [-0.1, -0.05) is 60.3 Å². The van der Waals surface area contributed by atoms with Crippen LogP contribution in [0.15, 0.2) is 70.6 Å². The Labute approximate surface area is 177 Å². The molecule has 3 aromatic rings. The normalized spacial score (nSPS) is 15.2. The maximum absolute atomic E-state index is 12.8. The van der Waals surface area contributed by atoms with Crippen molar-refractivity contribution in [3.05, 3.63) is 82.1 Å². The largest absolute Gasteiger partial charge is 0.326 e. The molecule has 0 spiro atoms. The minimum absolute atomic E-state index is 0.100. The van der Waals surface area contributed by atoms with Gasteiger partial charge in [0.2, 0.25) is 11.8 Å². The van der Waals surface area contributed by atoms with Gasteiger partial charge in [0.25, 0.3) is 5.56 Å². The molecule has 8 heteroatoms. The van der Waals surface area contributed by atoms with Crippen molar-refractivity contribution in [1.29, 1.82) is 0 Å². The summed E-state index contributed by atoms with van der Waals surface area (Å²) in [5.74, 6) is -0.764. The lowest BCUT2D eigenvalue weighted by Gasteiger charge is -2.23. The number of aryl methyl sites for hydroxylation is 1. The molecule has 1 aliphatic rings. The van der Waals surface area contributed by atoms with Crippen LogP contribution in [-0.2, 0) is 16.0 Å². The molecule has 2 aromatic carbocycles. The number of rotatable bonds is 6. The van der Waals surface area contributed by atoms with E-state index in [0.29, 0.717) is 10.8 Å². The highest BCUT2D eigenvalue weighted by atomic mass is 32.2. The minimum atomic E-state index is -0.895. The number of hydrogen-bond acceptors (Lipinski definition) is 5. The average molecular weight is 420 g/mol. The molecule has 0 radical (unpaired) electrons. The summed E-state index contributed by atoms with van der Waals surface area (Å²) in [4.78, 5) is 44.8. The monoisotopic (exact) mass is 420 g/mol. The van der Waals surface area contributed by atoms with Crippen molar-refractivity contribution in [2.75, 3.05) is 16.4 Å². The first-order valence-electron chi connectivity index (χ1n) is 9.57. The van der Waals surface area contributed by atoms with Crippen molar-refractivity contribution >= 4 is 35.1 Å². The number of anilines is 2. The van der Waals surface area contributed by atoms with E-state index in [1.165, 1.54) is 17.3 Å². The molecule has 0 fully saturated rings. The lowest BCUT2D eigenvalue weighted by atomic mass is 9.92. The Balaban J connectivity index is 1.52. The highest BCUT2D eigenvalue weighted by Gasteiger charge is 2.34. The number of nitrogens with one attached hydrogen (secondary N) is 3. The lowest BCUT2D eigenvalue weighted by Crippen LogP contribution is -2.36. The summed E-state index contributed by atoms with van der Waals surface area (Å²) in [6.07, 6.45) is 0.720. The predicted molar refractivity (Wildman–Crippen MR) is 117 cm³/mol. The molecule has 2 heterocycles. The number of carbonyl (C=O) groups is 2. The smallest absolute Gasteiger partial charge is 0.257 e.